The molecule has 1 aromatic carbocycles. The molecule has 0 radical (unpaired) electrons. The van der Waals surface area contributed by atoms with E-state index >= 15 is 0 Å². The van der Waals surface area contributed by atoms with Crippen molar-refractivity contribution in [3.8, 4) is 17.3 Å². The van der Waals surface area contributed by atoms with Crippen LogP contribution in [0.1, 0.15) is 11.1 Å². The zero-order valence-corrected chi connectivity index (χ0v) is 13.6. The fourth-order valence-corrected chi connectivity index (χ4v) is 2.39. The van der Waals surface area contributed by atoms with E-state index in [1.807, 2.05) is 30.3 Å². The van der Waals surface area contributed by atoms with Crippen molar-refractivity contribution in [2.75, 3.05) is 0 Å². The number of benzene rings is 1. The Labute approximate surface area is 143 Å². The van der Waals surface area contributed by atoms with Crippen LogP contribution in [0.25, 0.3) is 11.5 Å². The van der Waals surface area contributed by atoms with Crippen LogP contribution in [0.3, 0.4) is 0 Å². The van der Waals surface area contributed by atoms with Crippen molar-refractivity contribution in [1.29, 1.82) is 0 Å². The van der Waals surface area contributed by atoms with Gasteiger partial charge in [0.2, 0.25) is 10.6 Å². The van der Waals surface area contributed by atoms with Gasteiger partial charge in [0, 0.05) is 11.8 Å². The number of H-pyrrole nitrogens is 1. The molecule has 2 aromatic heterocycles. The summed E-state index contributed by atoms with van der Waals surface area (Å²) in [6.07, 6.45) is 5.53. The van der Waals surface area contributed by atoms with Crippen LogP contribution in [-0.4, -0.2) is 31.2 Å². The molecule has 120 valence electrons. The third kappa shape index (κ3) is 3.16. The lowest BCUT2D eigenvalue weighted by Crippen LogP contribution is -1.97. The van der Waals surface area contributed by atoms with Crippen molar-refractivity contribution < 1.29 is 5.11 Å². The number of nitrogens with one attached hydrogen (secondary N) is 1. The van der Waals surface area contributed by atoms with E-state index in [2.05, 4.69) is 26.9 Å². The van der Waals surface area contributed by atoms with E-state index in [-0.39, 0.29) is 5.75 Å². The van der Waals surface area contributed by atoms with Gasteiger partial charge in [0.1, 0.15) is 11.4 Å². The number of pyridine rings is 1. The lowest BCUT2D eigenvalue weighted by atomic mass is 10.1. The van der Waals surface area contributed by atoms with Crippen molar-refractivity contribution in [3.05, 3.63) is 71.1 Å². The first-order valence-electron chi connectivity index (χ1n) is 7.25. The summed E-state index contributed by atoms with van der Waals surface area (Å²) in [7, 11) is 0. The molecule has 2 heterocycles. The summed E-state index contributed by atoms with van der Waals surface area (Å²) >= 11 is 5.22. The molecule has 3 aromatic rings. The Kier molecular flexibility index (Phi) is 4.62. The van der Waals surface area contributed by atoms with Crippen molar-refractivity contribution in [2.24, 2.45) is 5.10 Å². The largest absolute Gasteiger partial charge is 0.507 e. The molecule has 0 atom stereocenters. The molecule has 3 rings (SSSR count). The molecule has 0 bridgehead atoms. The number of hydrogen-bond acceptors (Lipinski definition) is 5. The molecule has 0 aliphatic carbocycles. The number of nitrogens with zero attached hydrogens (tertiary/aromatic N) is 4. The van der Waals surface area contributed by atoms with Crippen LogP contribution >= 0.6 is 12.2 Å². The highest BCUT2D eigenvalue weighted by Gasteiger charge is 2.09. The Morgan fingerprint density at radius 3 is 2.92 bits per heavy atom. The minimum atomic E-state index is 0.176. The number of phenols is 1. The van der Waals surface area contributed by atoms with Crippen molar-refractivity contribution in [1.82, 2.24) is 19.9 Å². The Hall–Kier alpha value is -3.06. The summed E-state index contributed by atoms with van der Waals surface area (Å²) in [5, 5.41) is 21.5. The Bertz CT molecular complexity index is 943. The molecule has 0 saturated carbocycles. The van der Waals surface area contributed by atoms with Gasteiger partial charge in [0.25, 0.3) is 0 Å². The molecule has 0 saturated heterocycles. The zero-order chi connectivity index (χ0) is 16.9. The van der Waals surface area contributed by atoms with Gasteiger partial charge >= 0.3 is 0 Å². The molecule has 0 spiro atoms. The molecule has 6 nitrogen and oxygen atoms in total. The number of aromatic hydroxyl groups is 1. The number of aromatic amines is 1. The number of hydrogen-bond donors (Lipinski definition) is 2. The van der Waals surface area contributed by atoms with Gasteiger partial charge in [-0.15, -0.1) is 6.58 Å². The minimum absolute atomic E-state index is 0.176. The van der Waals surface area contributed by atoms with Crippen LogP contribution in [0, 0.1) is 4.77 Å². The summed E-state index contributed by atoms with van der Waals surface area (Å²) in [5.41, 5.74) is 2.02. The lowest BCUT2D eigenvalue weighted by Gasteiger charge is -2.05. The van der Waals surface area contributed by atoms with Gasteiger partial charge in [-0.2, -0.15) is 14.9 Å². The molecular weight excluding hydrogens is 322 g/mol. The monoisotopic (exact) mass is 337 g/mol. The van der Waals surface area contributed by atoms with E-state index in [1.165, 1.54) is 4.68 Å². The van der Waals surface area contributed by atoms with Crippen LogP contribution in [-0.2, 0) is 6.42 Å². The molecule has 24 heavy (non-hydrogen) atoms. The summed E-state index contributed by atoms with van der Waals surface area (Å²) in [4.78, 5) is 4.25. The van der Waals surface area contributed by atoms with Crippen molar-refractivity contribution >= 4 is 18.4 Å². The number of allylic oxidation sites excluding steroid dienone is 1. The quantitative estimate of drug-likeness (QED) is 0.425. The predicted molar refractivity (Wildman–Crippen MR) is 95.6 cm³/mol. The minimum Gasteiger partial charge on any atom is -0.507 e. The third-order valence-electron chi connectivity index (χ3n) is 3.37. The predicted octanol–water partition coefficient (Wildman–Crippen LogP) is 3.32. The van der Waals surface area contributed by atoms with Crippen LogP contribution in [0.2, 0.25) is 0 Å². The van der Waals surface area contributed by atoms with Gasteiger partial charge in [-0.3, -0.25) is 4.98 Å². The van der Waals surface area contributed by atoms with E-state index in [0.29, 0.717) is 28.3 Å². The lowest BCUT2D eigenvalue weighted by molar-refractivity contribution is 0.469. The van der Waals surface area contributed by atoms with Crippen LogP contribution in [0.15, 0.2) is 60.4 Å². The average molecular weight is 337 g/mol. The van der Waals surface area contributed by atoms with Gasteiger partial charge in [-0.25, -0.2) is 5.10 Å². The highest BCUT2D eigenvalue weighted by Crippen LogP contribution is 2.22. The molecule has 0 aliphatic heterocycles. The van der Waals surface area contributed by atoms with Gasteiger partial charge in [0.15, 0.2) is 0 Å². The Morgan fingerprint density at radius 1 is 1.29 bits per heavy atom. The first-order chi connectivity index (χ1) is 11.7. The maximum absolute atomic E-state index is 10.3. The molecule has 0 aliphatic rings. The van der Waals surface area contributed by atoms with Crippen molar-refractivity contribution in [2.45, 2.75) is 6.42 Å². The van der Waals surface area contributed by atoms with E-state index in [0.717, 1.165) is 5.56 Å². The standard InChI is InChI=1S/C17H15N5OS/c1-2-6-12-7-5-8-13(15(12)23)11-19-22-16(20-21-17(22)24)14-9-3-4-10-18-14/h2-5,7-11,23H,1,6H2,(H,21,24). The topological polar surface area (TPSA) is 79.1 Å². The zero-order valence-electron chi connectivity index (χ0n) is 12.8. The second-order valence-electron chi connectivity index (χ2n) is 4.97. The number of para-hydroxylation sites is 1. The van der Waals surface area contributed by atoms with E-state index in [9.17, 15) is 5.11 Å². The van der Waals surface area contributed by atoms with Crippen molar-refractivity contribution in [3.63, 3.8) is 0 Å². The van der Waals surface area contributed by atoms with Crippen LogP contribution < -0.4 is 0 Å². The smallest absolute Gasteiger partial charge is 0.216 e. The normalized spacial score (nSPS) is 11.0. The number of rotatable bonds is 5. The highest BCUT2D eigenvalue weighted by atomic mass is 32.1. The number of phenolic OH excluding ortho intramolecular Hbond substituents is 1. The maximum Gasteiger partial charge on any atom is 0.216 e. The summed E-state index contributed by atoms with van der Waals surface area (Å²) in [6.45, 7) is 3.69. The average Bonchev–Trinajstić information content (AvgIpc) is 2.97. The van der Waals surface area contributed by atoms with E-state index in [4.69, 9.17) is 12.2 Å². The molecule has 0 unspecified atom stereocenters. The second kappa shape index (κ2) is 7.01. The Morgan fingerprint density at radius 2 is 2.17 bits per heavy atom. The van der Waals surface area contributed by atoms with Gasteiger partial charge < -0.3 is 5.11 Å². The number of aromatic nitrogens is 4. The van der Waals surface area contributed by atoms with Crippen LogP contribution in [0.4, 0.5) is 0 Å². The molecule has 0 fully saturated rings. The van der Waals surface area contributed by atoms with Crippen LogP contribution in [0.5, 0.6) is 5.75 Å². The summed E-state index contributed by atoms with van der Waals surface area (Å²) < 4.78 is 1.81. The summed E-state index contributed by atoms with van der Waals surface area (Å²) in [6, 6.07) is 11.0. The molecular formula is C17H15N5OS. The van der Waals surface area contributed by atoms with Gasteiger partial charge in [0.05, 0.1) is 6.21 Å². The Balaban J connectivity index is 2.00. The van der Waals surface area contributed by atoms with Gasteiger partial charge in [-0.05, 0) is 42.4 Å². The first kappa shape index (κ1) is 15.8. The van der Waals surface area contributed by atoms with Gasteiger partial charge in [-0.1, -0.05) is 24.3 Å². The fraction of sp³-hybridized carbons (Fsp3) is 0.0588. The van der Waals surface area contributed by atoms with E-state index in [1.54, 1.807) is 24.6 Å². The second-order valence-corrected chi connectivity index (χ2v) is 5.36. The maximum atomic E-state index is 10.3. The highest BCUT2D eigenvalue weighted by molar-refractivity contribution is 7.71. The first-order valence-corrected chi connectivity index (χ1v) is 7.66. The third-order valence-corrected chi connectivity index (χ3v) is 3.64. The summed E-state index contributed by atoms with van der Waals surface area (Å²) in [5.74, 6) is 0.675. The fourth-order valence-electron chi connectivity index (χ4n) is 2.22. The molecule has 2 N–H and O–H groups in total. The molecule has 7 heteroatoms. The molecule has 0 amide bonds. The van der Waals surface area contributed by atoms with E-state index < -0.39 is 0 Å². The SMILES string of the molecule is C=CCc1cccc(C=Nn2c(-c3ccccn3)n[nH]c2=S)c1O.